The first kappa shape index (κ1) is 8.65. The summed E-state index contributed by atoms with van der Waals surface area (Å²) in [7, 11) is 0. The molecule has 0 aromatic carbocycles. The molecule has 0 unspecified atom stereocenters. The van der Waals surface area contributed by atoms with Gasteiger partial charge in [0.15, 0.2) is 0 Å². The molecule has 0 fully saturated rings. The van der Waals surface area contributed by atoms with Gasteiger partial charge in [0.05, 0.1) is 0 Å². The predicted molar refractivity (Wildman–Crippen MR) is 38.6 cm³/mol. The van der Waals surface area contributed by atoms with Crippen molar-refractivity contribution in [2.24, 2.45) is 0 Å². The number of allylic oxidation sites excluding steroid dienone is 1. The van der Waals surface area contributed by atoms with Crippen LogP contribution < -0.4 is 0 Å². The molecule has 1 rings (SSSR count). The lowest BCUT2D eigenvalue weighted by Gasteiger charge is -2.08. The van der Waals surface area contributed by atoms with Crippen molar-refractivity contribution in [2.75, 3.05) is 0 Å². The molecule has 0 aromatic rings. The van der Waals surface area contributed by atoms with Crippen molar-refractivity contribution in [3.8, 4) is 0 Å². The van der Waals surface area contributed by atoms with E-state index in [2.05, 4.69) is 0 Å². The second-order valence-corrected chi connectivity index (χ2v) is 2.86. The molecule has 0 aliphatic heterocycles. The Morgan fingerprint density at radius 2 is 2.27 bits per heavy atom. The number of halogens is 2. The fourth-order valence-corrected chi connectivity index (χ4v) is 1.28. The summed E-state index contributed by atoms with van der Waals surface area (Å²) >= 11 is 0. The van der Waals surface area contributed by atoms with Gasteiger partial charge in [-0.1, -0.05) is 11.6 Å². The molecule has 11 heavy (non-hydrogen) atoms. The van der Waals surface area contributed by atoms with Crippen molar-refractivity contribution < 1.29 is 13.9 Å². The van der Waals surface area contributed by atoms with Gasteiger partial charge >= 0.3 is 0 Å². The number of rotatable bonds is 3. The van der Waals surface area contributed by atoms with Gasteiger partial charge in [-0.05, 0) is 25.7 Å². The smallest absolute Gasteiger partial charge is 0.264 e. The lowest BCUT2D eigenvalue weighted by atomic mass is 10.1. The van der Waals surface area contributed by atoms with Crippen LogP contribution in [0.5, 0.6) is 0 Å². The highest BCUT2D eigenvalue weighted by molar-refractivity contribution is 5.08. The number of hydrogen-bond acceptors (Lipinski definition) is 1. The van der Waals surface area contributed by atoms with Gasteiger partial charge in [-0.25, -0.2) is 8.78 Å². The van der Waals surface area contributed by atoms with Crippen LogP contribution >= 0.6 is 0 Å². The molecule has 0 saturated carbocycles. The summed E-state index contributed by atoms with van der Waals surface area (Å²) in [6, 6.07) is 0. The van der Waals surface area contributed by atoms with E-state index in [0.29, 0.717) is 0 Å². The van der Waals surface area contributed by atoms with Crippen LogP contribution in [0, 0.1) is 0 Å². The van der Waals surface area contributed by atoms with Crippen LogP contribution in [0.15, 0.2) is 11.6 Å². The average Bonchev–Trinajstić information content (AvgIpc) is 2.39. The molecule has 3 heteroatoms. The summed E-state index contributed by atoms with van der Waals surface area (Å²) < 4.78 is 23.6. The molecule has 1 aliphatic rings. The Morgan fingerprint density at radius 3 is 2.73 bits per heavy atom. The highest BCUT2D eigenvalue weighted by Gasteiger charge is 2.19. The summed E-state index contributed by atoms with van der Waals surface area (Å²) in [6.45, 7) is 0. The molecular weight excluding hydrogens is 150 g/mol. The van der Waals surface area contributed by atoms with E-state index in [1.54, 1.807) is 0 Å². The van der Waals surface area contributed by atoms with Crippen molar-refractivity contribution in [1.82, 2.24) is 0 Å². The quantitative estimate of drug-likeness (QED) is 0.630. The summed E-state index contributed by atoms with van der Waals surface area (Å²) in [4.78, 5) is 0. The van der Waals surface area contributed by atoms with Crippen molar-refractivity contribution in [3.63, 3.8) is 0 Å². The van der Waals surface area contributed by atoms with Crippen molar-refractivity contribution in [3.05, 3.63) is 11.6 Å². The van der Waals surface area contributed by atoms with Gasteiger partial charge < -0.3 is 5.11 Å². The summed E-state index contributed by atoms with van der Waals surface area (Å²) in [6.07, 6.45) is 0.944. The summed E-state index contributed by atoms with van der Waals surface area (Å²) in [5.41, 5.74) is 0.984. The molecule has 64 valence electrons. The molecule has 0 heterocycles. The Hall–Kier alpha value is -0.440. The Balaban J connectivity index is 2.29. The standard InChI is InChI=1S/C8H12F2O/c9-8(10)7(11)5-6-3-1-2-4-6/h3,7-8,11H,1-2,4-5H2/t7-/m1/s1. The van der Waals surface area contributed by atoms with Crippen molar-refractivity contribution in [2.45, 2.75) is 38.2 Å². The van der Waals surface area contributed by atoms with E-state index in [1.807, 2.05) is 6.08 Å². The van der Waals surface area contributed by atoms with Gasteiger partial charge in [-0.2, -0.15) is 0 Å². The molecule has 0 saturated heterocycles. The second-order valence-electron chi connectivity index (χ2n) is 2.86. The Bertz CT molecular complexity index is 154. The lowest BCUT2D eigenvalue weighted by molar-refractivity contribution is -0.00387. The van der Waals surface area contributed by atoms with E-state index in [4.69, 9.17) is 5.11 Å². The zero-order valence-electron chi connectivity index (χ0n) is 6.26. The van der Waals surface area contributed by atoms with Crippen LogP contribution in [0.4, 0.5) is 8.78 Å². The van der Waals surface area contributed by atoms with E-state index >= 15 is 0 Å². The van der Waals surface area contributed by atoms with Crippen LogP contribution in [0.1, 0.15) is 25.7 Å². The highest BCUT2D eigenvalue weighted by Crippen LogP contribution is 2.23. The molecule has 1 nitrogen and oxygen atoms in total. The molecule has 1 N–H and O–H groups in total. The summed E-state index contributed by atoms with van der Waals surface area (Å²) in [5.74, 6) is 0. The largest absolute Gasteiger partial charge is 0.387 e. The third-order valence-corrected chi connectivity index (χ3v) is 1.90. The minimum atomic E-state index is -2.60. The van der Waals surface area contributed by atoms with Crippen molar-refractivity contribution in [1.29, 1.82) is 0 Å². The van der Waals surface area contributed by atoms with Gasteiger partial charge in [0.2, 0.25) is 0 Å². The van der Waals surface area contributed by atoms with Gasteiger partial charge in [0, 0.05) is 0 Å². The monoisotopic (exact) mass is 162 g/mol. The fraction of sp³-hybridized carbons (Fsp3) is 0.750. The third kappa shape index (κ3) is 2.58. The molecule has 0 aromatic heterocycles. The normalized spacial score (nSPS) is 20.5. The zero-order chi connectivity index (χ0) is 8.27. The zero-order valence-corrected chi connectivity index (χ0v) is 6.26. The van der Waals surface area contributed by atoms with Crippen molar-refractivity contribution >= 4 is 0 Å². The number of hydrogen-bond donors (Lipinski definition) is 1. The molecule has 1 atom stereocenters. The minimum absolute atomic E-state index is 0.150. The van der Waals surface area contributed by atoms with Crippen LogP contribution in [0.2, 0.25) is 0 Å². The van der Waals surface area contributed by atoms with E-state index in [9.17, 15) is 8.78 Å². The second kappa shape index (κ2) is 3.81. The van der Waals surface area contributed by atoms with Crippen LogP contribution in [-0.4, -0.2) is 17.6 Å². The number of alkyl halides is 2. The van der Waals surface area contributed by atoms with Crippen LogP contribution in [0.3, 0.4) is 0 Å². The molecule has 0 spiro atoms. The van der Waals surface area contributed by atoms with E-state index in [1.165, 1.54) is 0 Å². The van der Waals surface area contributed by atoms with Gasteiger partial charge in [-0.15, -0.1) is 0 Å². The third-order valence-electron chi connectivity index (χ3n) is 1.90. The minimum Gasteiger partial charge on any atom is -0.387 e. The Morgan fingerprint density at radius 1 is 1.55 bits per heavy atom. The first-order valence-corrected chi connectivity index (χ1v) is 3.84. The lowest BCUT2D eigenvalue weighted by Crippen LogP contribution is -2.17. The summed E-state index contributed by atoms with van der Waals surface area (Å²) in [5, 5.41) is 8.80. The molecule has 0 amide bonds. The highest BCUT2D eigenvalue weighted by atomic mass is 19.3. The number of aliphatic hydroxyl groups is 1. The topological polar surface area (TPSA) is 20.2 Å². The van der Waals surface area contributed by atoms with Gasteiger partial charge in [0.25, 0.3) is 6.43 Å². The van der Waals surface area contributed by atoms with Gasteiger partial charge in [-0.3, -0.25) is 0 Å². The SMILES string of the molecule is O[C@H](CC1=CCCC1)C(F)F. The maximum absolute atomic E-state index is 11.8. The molecule has 0 bridgehead atoms. The fourth-order valence-electron chi connectivity index (χ4n) is 1.28. The van der Waals surface area contributed by atoms with Crippen LogP contribution in [0.25, 0.3) is 0 Å². The maximum Gasteiger partial charge on any atom is 0.264 e. The predicted octanol–water partition coefficient (Wildman–Crippen LogP) is 2.11. The Labute approximate surface area is 64.7 Å². The van der Waals surface area contributed by atoms with E-state index in [0.717, 1.165) is 24.8 Å². The average molecular weight is 162 g/mol. The van der Waals surface area contributed by atoms with E-state index < -0.39 is 12.5 Å². The first-order valence-electron chi connectivity index (χ1n) is 3.84. The van der Waals surface area contributed by atoms with Gasteiger partial charge in [0.1, 0.15) is 6.10 Å². The molecule has 0 radical (unpaired) electrons. The molecular formula is C8H12F2O. The molecule has 1 aliphatic carbocycles. The first-order chi connectivity index (χ1) is 5.20. The Kier molecular flexibility index (Phi) is 3.00. The maximum atomic E-state index is 11.8. The van der Waals surface area contributed by atoms with Crippen LogP contribution in [-0.2, 0) is 0 Å². The number of aliphatic hydroxyl groups excluding tert-OH is 1. The van der Waals surface area contributed by atoms with E-state index in [-0.39, 0.29) is 6.42 Å².